The molecule has 0 aliphatic carbocycles. The smallest absolute Gasteiger partial charge is 0.0960 e. The van der Waals surface area contributed by atoms with Gasteiger partial charge in [0.05, 0.1) is 24.7 Å². The van der Waals surface area contributed by atoms with Crippen LogP contribution in [0.25, 0.3) is 0 Å². The molecular weight excluding hydrogens is 156 g/mol. The summed E-state index contributed by atoms with van der Waals surface area (Å²) in [6.07, 6.45) is 3.35. The number of hydrogen-bond acceptors (Lipinski definition) is 3. The van der Waals surface area contributed by atoms with Crippen LogP contribution in [0.5, 0.6) is 0 Å². The van der Waals surface area contributed by atoms with Crippen molar-refractivity contribution in [2.24, 2.45) is 0 Å². The summed E-state index contributed by atoms with van der Waals surface area (Å²) in [4.78, 5) is 0. The van der Waals surface area contributed by atoms with Gasteiger partial charge in [0.1, 0.15) is 0 Å². The van der Waals surface area contributed by atoms with Gasteiger partial charge in [0.15, 0.2) is 0 Å². The minimum Gasteiger partial charge on any atom is -0.472 e. The van der Waals surface area contributed by atoms with E-state index in [-0.39, 0.29) is 6.10 Å². The maximum absolute atomic E-state index is 9.49. The molecule has 0 aliphatic rings. The Morgan fingerprint density at radius 3 is 2.67 bits per heavy atom. The van der Waals surface area contributed by atoms with Crippen LogP contribution >= 0.6 is 0 Å². The Morgan fingerprint density at radius 1 is 1.42 bits per heavy atom. The summed E-state index contributed by atoms with van der Waals surface area (Å²) in [6.45, 7) is 1.71. The third-order valence-corrected chi connectivity index (χ3v) is 1.79. The van der Waals surface area contributed by atoms with Gasteiger partial charge in [0.25, 0.3) is 0 Å². The van der Waals surface area contributed by atoms with E-state index in [0.29, 0.717) is 12.8 Å². The second kappa shape index (κ2) is 4.28. The Labute approximate surface area is 71.6 Å². The minimum absolute atomic E-state index is 0.355. The van der Waals surface area contributed by atoms with Crippen LogP contribution in [-0.2, 0) is 0 Å². The molecule has 0 radical (unpaired) electrons. The van der Waals surface area contributed by atoms with Gasteiger partial charge in [0.2, 0.25) is 0 Å². The summed E-state index contributed by atoms with van der Waals surface area (Å²) in [5.41, 5.74) is 0.774. The lowest BCUT2D eigenvalue weighted by molar-refractivity contribution is 0.123. The van der Waals surface area contributed by atoms with Crippen molar-refractivity contribution in [3.8, 4) is 0 Å². The molecule has 3 heteroatoms. The first kappa shape index (κ1) is 9.29. The topological polar surface area (TPSA) is 53.6 Å². The molecule has 2 N–H and O–H groups in total. The van der Waals surface area contributed by atoms with Crippen LogP contribution in [0.1, 0.15) is 31.4 Å². The Balaban J connectivity index is 2.34. The van der Waals surface area contributed by atoms with Crippen LogP contribution in [0.15, 0.2) is 23.0 Å². The van der Waals surface area contributed by atoms with Gasteiger partial charge in [-0.25, -0.2) is 0 Å². The molecule has 0 bridgehead atoms. The highest BCUT2D eigenvalue weighted by atomic mass is 16.3. The molecular formula is C9H14O3. The van der Waals surface area contributed by atoms with Crippen LogP contribution in [0.4, 0.5) is 0 Å². The Morgan fingerprint density at radius 2 is 2.17 bits per heavy atom. The fourth-order valence-corrected chi connectivity index (χ4v) is 1.03. The predicted octanol–water partition coefficient (Wildman–Crippen LogP) is 1.47. The first-order valence-electron chi connectivity index (χ1n) is 4.08. The van der Waals surface area contributed by atoms with Gasteiger partial charge in [-0.3, -0.25) is 0 Å². The standard InChI is InChI=1S/C9H14O3/c1-7(10)2-3-9(11)8-4-5-12-6-8/h4-7,9-11H,2-3H2,1H3/t7-,9-/m1/s1. The molecule has 1 rings (SSSR count). The SMILES string of the molecule is C[C@@H](O)CC[C@@H](O)c1ccoc1. The number of aliphatic hydroxyl groups is 2. The quantitative estimate of drug-likeness (QED) is 0.719. The van der Waals surface area contributed by atoms with Crippen molar-refractivity contribution in [3.63, 3.8) is 0 Å². The van der Waals surface area contributed by atoms with Gasteiger partial charge in [-0.1, -0.05) is 0 Å². The molecule has 0 amide bonds. The van der Waals surface area contributed by atoms with Gasteiger partial charge < -0.3 is 14.6 Å². The lowest BCUT2D eigenvalue weighted by Gasteiger charge is -2.08. The fourth-order valence-electron chi connectivity index (χ4n) is 1.03. The van der Waals surface area contributed by atoms with Gasteiger partial charge in [-0.15, -0.1) is 0 Å². The minimum atomic E-state index is -0.515. The summed E-state index contributed by atoms with van der Waals surface area (Å²) >= 11 is 0. The molecule has 68 valence electrons. The third-order valence-electron chi connectivity index (χ3n) is 1.79. The fraction of sp³-hybridized carbons (Fsp3) is 0.556. The summed E-state index contributed by atoms with van der Waals surface area (Å²) in [6, 6.07) is 1.73. The summed E-state index contributed by atoms with van der Waals surface area (Å²) < 4.78 is 4.82. The normalized spacial score (nSPS) is 15.9. The number of aliphatic hydroxyl groups excluding tert-OH is 2. The van der Waals surface area contributed by atoms with E-state index in [9.17, 15) is 5.11 Å². The van der Waals surface area contributed by atoms with E-state index in [1.807, 2.05) is 0 Å². The molecule has 0 spiro atoms. The molecule has 0 saturated carbocycles. The Kier molecular flexibility index (Phi) is 3.31. The molecule has 1 aromatic heterocycles. The van der Waals surface area contributed by atoms with Crippen molar-refractivity contribution in [3.05, 3.63) is 24.2 Å². The molecule has 0 aromatic carbocycles. The van der Waals surface area contributed by atoms with Gasteiger partial charge in [-0.05, 0) is 25.8 Å². The van der Waals surface area contributed by atoms with E-state index in [1.54, 1.807) is 13.0 Å². The van der Waals surface area contributed by atoms with Crippen molar-refractivity contribution in [1.82, 2.24) is 0 Å². The third kappa shape index (κ3) is 2.68. The zero-order valence-corrected chi connectivity index (χ0v) is 7.10. The van der Waals surface area contributed by atoms with Crippen LogP contribution in [-0.4, -0.2) is 16.3 Å². The maximum atomic E-state index is 9.49. The average molecular weight is 170 g/mol. The lowest BCUT2D eigenvalue weighted by Crippen LogP contribution is -2.03. The van der Waals surface area contributed by atoms with E-state index >= 15 is 0 Å². The van der Waals surface area contributed by atoms with Crippen molar-refractivity contribution < 1.29 is 14.6 Å². The number of hydrogen-bond donors (Lipinski definition) is 2. The molecule has 1 aromatic rings. The highest BCUT2D eigenvalue weighted by Gasteiger charge is 2.09. The van der Waals surface area contributed by atoms with E-state index in [4.69, 9.17) is 9.52 Å². The second-order valence-corrected chi connectivity index (χ2v) is 3.00. The average Bonchev–Trinajstić information content (AvgIpc) is 2.51. The maximum Gasteiger partial charge on any atom is 0.0960 e. The first-order valence-corrected chi connectivity index (χ1v) is 4.08. The lowest BCUT2D eigenvalue weighted by atomic mass is 10.1. The van der Waals surface area contributed by atoms with E-state index < -0.39 is 6.10 Å². The molecule has 0 aliphatic heterocycles. The largest absolute Gasteiger partial charge is 0.472 e. The highest BCUT2D eigenvalue weighted by molar-refractivity contribution is 5.08. The second-order valence-electron chi connectivity index (χ2n) is 3.00. The number of rotatable bonds is 4. The summed E-state index contributed by atoms with van der Waals surface area (Å²) in [7, 11) is 0. The molecule has 0 fully saturated rings. The van der Waals surface area contributed by atoms with Gasteiger partial charge >= 0.3 is 0 Å². The van der Waals surface area contributed by atoms with Crippen LogP contribution in [0.3, 0.4) is 0 Å². The number of furan rings is 1. The van der Waals surface area contributed by atoms with Crippen molar-refractivity contribution in [1.29, 1.82) is 0 Å². The zero-order chi connectivity index (χ0) is 8.97. The first-order chi connectivity index (χ1) is 5.70. The van der Waals surface area contributed by atoms with E-state index in [1.165, 1.54) is 12.5 Å². The highest BCUT2D eigenvalue weighted by Crippen LogP contribution is 2.18. The molecule has 12 heavy (non-hydrogen) atoms. The zero-order valence-electron chi connectivity index (χ0n) is 7.10. The summed E-state index contributed by atoms with van der Waals surface area (Å²) in [5.74, 6) is 0. The van der Waals surface area contributed by atoms with E-state index in [2.05, 4.69) is 0 Å². The van der Waals surface area contributed by atoms with Gasteiger partial charge in [0, 0.05) is 5.56 Å². The predicted molar refractivity (Wildman–Crippen MR) is 44.6 cm³/mol. The summed E-state index contributed by atoms with van der Waals surface area (Å²) in [5, 5.41) is 18.5. The molecule has 0 unspecified atom stereocenters. The monoisotopic (exact) mass is 170 g/mol. The van der Waals surface area contributed by atoms with Crippen molar-refractivity contribution >= 4 is 0 Å². The van der Waals surface area contributed by atoms with Gasteiger partial charge in [-0.2, -0.15) is 0 Å². The van der Waals surface area contributed by atoms with Crippen molar-refractivity contribution in [2.45, 2.75) is 32.0 Å². The molecule has 1 heterocycles. The van der Waals surface area contributed by atoms with Crippen LogP contribution in [0.2, 0.25) is 0 Å². The molecule has 0 saturated heterocycles. The van der Waals surface area contributed by atoms with Crippen LogP contribution in [0, 0.1) is 0 Å². The molecule has 2 atom stereocenters. The Bertz CT molecular complexity index is 204. The van der Waals surface area contributed by atoms with E-state index in [0.717, 1.165) is 5.56 Å². The Hall–Kier alpha value is -0.800. The van der Waals surface area contributed by atoms with Crippen LogP contribution < -0.4 is 0 Å². The van der Waals surface area contributed by atoms with Crippen molar-refractivity contribution in [2.75, 3.05) is 0 Å². The molecule has 3 nitrogen and oxygen atoms in total.